The summed E-state index contributed by atoms with van der Waals surface area (Å²) >= 11 is 5.92. The van der Waals surface area contributed by atoms with Crippen molar-refractivity contribution < 1.29 is 9.21 Å². The first-order valence-corrected chi connectivity index (χ1v) is 9.22. The van der Waals surface area contributed by atoms with Crippen LogP contribution in [0, 0.1) is 5.41 Å². The Bertz CT molecular complexity index is 845. The van der Waals surface area contributed by atoms with E-state index in [1.165, 1.54) is 11.0 Å². The molecule has 3 heterocycles. The minimum atomic E-state index is -0.445. The van der Waals surface area contributed by atoms with Crippen LogP contribution in [0.1, 0.15) is 25.7 Å². The van der Waals surface area contributed by atoms with Crippen molar-refractivity contribution in [2.75, 3.05) is 26.2 Å². The molecule has 2 aliphatic rings. The molecule has 2 aromatic rings. The molecular weight excluding hydrogens is 377 g/mol. The van der Waals surface area contributed by atoms with Crippen molar-refractivity contribution in [3.8, 4) is 0 Å². The van der Waals surface area contributed by atoms with Crippen molar-refractivity contribution >= 4 is 41.0 Å². The average molecular weight is 400 g/mol. The highest BCUT2D eigenvalue weighted by Crippen LogP contribution is 2.37. The van der Waals surface area contributed by atoms with Gasteiger partial charge < -0.3 is 14.6 Å². The summed E-state index contributed by atoms with van der Waals surface area (Å²) in [7, 11) is 0. The van der Waals surface area contributed by atoms with Gasteiger partial charge in [0.15, 0.2) is 5.58 Å². The molecule has 2 aliphatic heterocycles. The Morgan fingerprint density at radius 2 is 2.04 bits per heavy atom. The molecule has 2 saturated heterocycles. The van der Waals surface area contributed by atoms with E-state index in [0.717, 1.165) is 39.0 Å². The van der Waals surface area contributed by atoms with Gasteiger partial charge >= 0.3 is 5.76 Å². The summed E-state index contributed by atoms with van der Waals surface area (Å²) in [5.74, 6) is -0.337. The number of amides is 1. The third-order valence-electron chi connectivity index (χ3n) is 5.69. The van der Waals surface area contributed by atoms with Crippen LogP contribution in [0.5, 0.6) is 0 Å². The van der Waals surface area contributed by atoms with Gasteiger partial charge in [0.1, 0.15) is 0 Å². The van der Waals surface area contributed by atoms with Crippen molar-refractivity contribution in [1.29, 1.82) is 0 Å². The second-order valence-corrected chi connectivity index (χ2v) is 7.63. The summed E-state index contributed by atoms with van der Waals surface area (Å²) < 4.78 is 6.72. The Morgan fingerprint density at radius 1 is 1.27 bits per heavy atom. The predicted octanol–water partition coefficient (Wildman–Crippen LogP) is 2.66. The highest BCUT2D eigenvalue weighted by molar-refractivity contribution is 6.31. The first-order chi connectivity index (χ1) is 12.1. The molecule has 4 rings (SSSR count). The molecular formula is C18H23Cl2N3O3. The van der Waals surface area contributed by atoms with E-state index in [1.807, 2.05) is 4.90 Å². The minimum Gasteiger partial charge on any atom is -0.408 e. The maximum atomic E-state index is 12.5. The number of nitrogens with one attached hydrogen (secondary N) is 1. The van der Waals surface area contributed by atoms with Crippen LogP contribution in [0.2, 0.25) is 5.02 Å². The lowest BCUT2D eigenvalue weighted by Crippen LogP contribution is -2.44. The fraction of sp³-hybridized carbons (Fsp3) is 0.556. The van der Waals surface area contributed by atoms with Crippen molar-refractivity contribution in [1.82, 2.24) is 14.8 Å². The summed E-state index contributed by atoms with van der Waals surface area (Å²) in [6.45, 7) is 4.13. The van der Waals surface area contributed by atoms with Gasteiger partial charge in [-0.25, -0.2) is 4.79 Å². The number of carbonyl (C=O) groups is 1. The van der Waals surface area contributed by atoms with E-state index in [0.29, 0.717) is 34.5 Å². The van der Waals surface area contributed by atoms with Gasteiger partial charge in [-0.2, -0.15) is 0 Å². The quantitative estimate of drug-likeness (QED) is 0.861. The van der Waals surface area contributed by atoms with Crippen molar-refractivity contribution in [2.24, 2.45) is 5.41 Å². The van der Waals surface area contributed by atoms with Gasteiger partial charge in [-0.1, -0.05) is 11.6 Å². The molecule has 0 radical (unpaired) electrons. The highest BCUT2D eigenvalue weighted by atomic mass is 35.5. The number of hydrogen-bond acceptors (Lipinski definition) is 4. The van der Waals surface area contributed by atoms with Crippen molar-refractivity contribution in [3.05, 3.63) is 33.8 Å². The Balaban J connectivity index is 0.00000196. The normalized spacial score (nSPS) is 19.0. The lowest BCUT2D eigenvalue weighted by molar-refractivity contribution is -0.133. The number of aromatic nitrogens is 1. The second kappa shape index (κ2) is 7.62. The fourth-order valence-electron chi connectivity index (χ4n) is 4.07. The summed E-state index contributed by atoms with van der Waals surface area (Å²) in [4.78, 5) is 26.5. The highest BCUT2D eigenvalue weighted by Gasteiger charge is 2.37. The maximum Gasteiger partial charge on any atom is 0.419 e. The third kappa shape index (κ3) is 3.63. The number of rotatable bonds is 3. The fourth-order valence-corrected chi connectivity index (χ4v) is 4.23. The van der Waals surface area contributed by atoms with Crippen molar-refractivity contribution in [3.63, 3.8) is 0 Å². The van der Waals surface area contributed by atoms with Crippen LogP contribution in [0.4, 0.5) is 0 Å². The Kier molecular flexibility index (Phi) is 5.65. The zero-order valence-corrected chi connectivity index (χ0v) is 16.1. The number of carbonyl (C=O) groups excluding carboxylic acids is 1. The molecule has 0 atom stereocenters. The Labute approximate surface area is 162 Å². The van der Waals surface area contributed by atoms with Gasteiger partial charge in [0.2, 0.25) is 5.91 Å². The average Bonchev–Trinajstić information content (AvgIpc) is 3.17. The zero-order chi connectivity index (χ0) is 17.4. The van der Waals surface area contributed by atoms with Crippen LogP contribution in [0.25, 0.3) is 11.1 Å². The summed E-state index contributed by atoms with van der Waals surface area (Å²) in [5, 5.41) is 3.96. The van der Waals surface area contributed by atoms with Gasteiger partial charge in [0.05, 0.1) is 5.52 Å². The molecule has 1 aromatic carbocycles. The van der Waals surface area contributed by atoms with E-state index in [-0.39, 0.29) is 18.3 Å². The van der Waals surface area contributed by atoms with E-state index in [4.69, 9.17) is 16.0 Å². The lowest BCUT2D eigenvalue weighted by atomic mass is 9.78. The SMILES string of the molecule is Cl.O=C(CCn1c(=O)oc2cc(Cl)ccc21)N1CCC2(CCNC2)CC1. The van der Waals surface area contributed by atoms with Crippen molar-refractivity contribution in [2.45, 2.75) is 32.2 Å². The van der Waals surface area contributed by atoms with Gasteiger partial charge in [-0.3, -0.25) is 9.36 Å². The number of nitrogens with zero attached hydrogens (tertiary/aromatic N) is 2. The zero-order valence-electron chi connectivity index (χ0n) is 14.5. The molecule has 2 fully saturated rings. The molecule has 0 unspecified atom stereocenters. The summed E-state index contributed by atoms with van der Waals surface area (Å²) in [5.41, 5.74) is 1.53. The third-order valence-corrected chi connectivity index (χ3v) is 5.92. The molecule has 1 N–H and O–H groups in total. The van der Waals surface area contributed by atoms with Crippen LogP contribution < -0.4 is 11.1 Å². The molecule has 0 aliphatic carbocycles. The molecule has 0 bridgehead atoms. The number of likely N-dealkylation sites (tertiary alicyclic amines) is 1. The molecule has 142 valence electrons. The topological polar surface area (TPSA) is 67.5 Å². The molecule has 8 heteroatoms. The van der Waals surface area contributed by atoms with Gasteiger partial charge in [0.25, 0.3) is 0 Å². The van der Waals surface area contributed by atoms with E-state index >= 15 is 0 Å². The standard InChI is InChI=1S/C18H22ClN3O3.ClH/c19-13-1-2-14-15(11-13)25-17(24)22(14)8-3-16(23)21-9-5-18(6-10-21)4-7-20-12-18;/h1-2,11,20H,3-10,12H2;1H. The van der Waals surface area contributed by atoms with Crippen LogP contribution >= 0.6 is 24.0 Å². The van der Waals surface area contributed by atoms with Gasteiger partial charge in [0, 0.05) is 43.7 Å². The molecule has 0 saturated carbocycles. The maximum absolute atomic E-state index is 12.5. The van der Waals surface area contributed by atoms with Gasteiger partial charge in [-0.15, -0.1) is 12.4 Å². The van der Waals surface area contributed by atoms with E-state index in [9.17, 15) is 9.59 Å². The molecule has 1 amide bonds. The van der Waals surface area contributed by atoms with Crippen LogP contribution in [-0.4, -0.2) is 41.6 Å². The Morgan fingerprint density at radius 3 is 2.73 bits per heavy atom. The second-order valence-electron chi connectivity index (χ2n) is 7.19. The lowest BCUT2D eigenvalue weighted by Gasteiger charge is -2.39. The molecule has 1 spiro atoms. The number of benzene rings is 1. The smallest absolute Gasteiger partial charge is 0.408 e. The summed E-state index contributed by atoms with van der Waals surface area (Å²) in [6, 6.07) is 5.10. The van der Waals surface area contributed by atoms with Crippen LogP contribution in [0.3, 0.4) is 0 Å². The molecule has 26 heavy (non-hydrogen) atoms. The summed E-state index contributed by atoms with van der Waals surface area (Å²) in [6.07, 6.45) is 3.66. The number of oxazole rings is 1. The number of hydrogen-bond donors (Lipinski definition) is 1. The first-order valence-electron chi connectivity index (χ1n) is 8.84. The van der Waals surface area contributed by atoms with E-state index in [1.54, 1.807) is 18.2 Å². The monoisotopic (exact) mass is 399 g/mol. The molecule has 6 nitrogen and oxygen atoms in total. The predicted molar refractivity (Wildman–Crippen MR) is 103 cm³/mol. The number of fused-ring (bicyclic) bond motifs is 1. The minimum absolute atomic E-state index is 0. The van der Waals surface area contributed by atoms with E-state index < -0.39 is 5.76 Å². The number of halogens is 2. The largest absolute Gasteiger partial charge is 0.419 e. The van der Waals surface area contributed by atoms with Crippen LogP contribution in [0.15, 0.2) is 27.4 Å². The Hall–Kier alpha value is -1.50. The van der Waals surface area contributed by atoms with Gasteiger partial charge in [-0.05, 0) is 43.4 Å². The van der Waals surface area contributed by atoms with E-state index in [2.05, 4.69) is 5.32 Å². The number of piperidine rings is 1. The first kappa shape index (κ1) is 19.3. The molecule has 1 aromatic heterocycles. The van der Waals surface area contributed by atoms with Crippen LogP contribution in [-0.2, 0) is 11.3 Å². The number of aryl methyl sites for hydroxylation is 1.